The molecule has 2 atom stereocenters. The lowest BCUT2D eigenvalue weighted by atomic mass is 10.2. The zero-order chi connectivity index (χ0) is 9.56. The van der Waals surface area contributed by atoms with Crippen molar-refractivity contribution >= 4 is 14.0 Å². The molecule has 0 aliphatic heterocycles. The van der Waals surface area contributed by atoms with Crippen molar-refractivity contribution in [2.75, 3.05) is 13.3 Å². The van der Waals surface area contributed by atoms with E-state index in [0.717, 1.165) is 0 Å². The van der Waals surface area contributed by atoms with Gasteiger partial charge in [0.1, 0.15) is 6.04 Å². The largest absolute Gasteiger partial charge is 0.468 e. The molecule has 0 saturated carbocycles. The van der Waals surface area contributed by atoms with Gasteiger partial charge in [-0.05, 0) is 12.8 Å². The van der Waals surface area contributed by atoms with E-state index in [1.807, 2.05) is 0 Å². The normalized spacial score (nSPS) is 15.2. The Hall–Kier alpha value is -0.380. The van der Waals surface area contributed by atoms with E-state index in [1.54, 1.807) is 0 Å². The van der Waals surface area contributed by atoms with Crippen molar-refractivity contribution < 1.29 is 19.0 Å². The molecule has 0 aromatic carbocycles. The van der Waals surface area contributed by atoms with Crippen LogP contribution in [0.25, 0.3) is 0 Å². The van der Waals surface area contributed by atoms with E-state index in [-0.39, 0.29) is 6.16 Å². The summed E-state index contributed by atoms with van der Waals surface area (Å²) in [5.74, 6) is -0.479. The maximum absolute atomic E-state index is 10.7. The van der Waals surface area contributed by atoms with Crippen molar-refractivity contribution in [2.45, 2.75) is 18.9 Å². The van der Waals surface area contributed by atoms with Crippen molar-refractivity contribution in [1.29, 1.82) is 0 Å². The van der Waals surface area contributed by atoms with Crippen molar-refractivity contribution in [3.05, 3.63) is 0 Å². The van der Waals surface area contributed by atoms with Crippen LogP contribution >= 0.6 is 8.03 Å². The molecule has 0 heterocycles. The molecule has 0 spiro atoms. The molecular formula is C6H14NO4P. The van der Waals surface area contributed by atoms with Gasteiger partial charge in [0.05, 0.1) is 7.11 Å². The van der Waals surface area contributed by atoms with Crippen LogP contribution in [0.5, 0.6) is 0 Å². The molecule has 12 heavy (non-hydrogen) atoms. The summed E-state index contributed by atoms with van der Waals surface area (Å²) in [6.07, 6.45) is 1.09. The number of methoxy groups -OCH3 is 1. The summed E-state index contributed by atoms with van der Waals surface area (Å²) in [7, 11) is -1.16. The SMILES string of the molecule is COC(=O)C(N)CCC[PH](=O)O. The molecule has 72 valence electrons. The Bertz CT molecular complexity index is 173. The number of ether oxygens (including phenoxy) is 1. The lowest BCUT2D eigenvalue weighted by Gasteiger charge is -2.07. The minimum absolute atomic E-state index is 0.218. The van der Waals surface area contributed by atoms with Crippen LogP contribution in [0, 0.1) is 0 Å². The first-order valence-electron chi connectivity index (χ1n) is 3.63. The minimum atomic E-state index is -2.42. The van der Waals surface area contributed by atoms with E-state index in [0.29, 0.717) is 12.8 Å². The molecular weight excluding hydrogens is 181 g/mol. The molecule has 2 unspecified atom stereocenters. The monoisotopic (exact) mass is 195 g/mol. The highest BCUT2D eigenvalue weighted by atomic mass is 31.1. The first-order chi connectivity index (χ1) is 5.57. The Kier molecular flexibility index (Phi) is 5.98. The average molecular weight is 195 g/mol. The van der Waals surface area contributed by atoms with Crippen molar-refractivity contribution in [3.8, 4) is 0 Å². The van der Waals surface area contributed by atoms with Gasteiger partial charge in [0.2, 0.25) is 0 Å². The van der Waals surface area contributed by atoms with E-state index in [2.05, 4.69) is 4.74 Å². The summed E-state index contributed by atoms with van der Waals surface area (Å²) in [6, 6.07) is -0.670. The fourth-order valence-electron chi connectivity index (χ4n) is 0.742. The molecule has 0 fully saturated rings. The number of carbonyl (C=O) groups excluding carboxylic acids is 1. The maximum atomic E-state index is 10.7. The third kappa shape index (κ3) is 5.29. The fourth-order valence-corrected chi connectivity index (χ4v) is 1.25. The predicted molar refractivity (Wildman–Crippen MR) is 45.3 cm³/mol. The minimum Gasteiger partial charge on any atom is -0.468 e. The third-order valence-electron chi connectivity index (χ3n) is 1.41. The van der Waals surface area contributed by atoms with Crippen molar-refractivity contribution in [1.82, 2.24) is 0 Å². The van der Waals surface area contributed by atoms with Crippen LogP contribution < -0.4 is 5.73 Å². The molecule has 0 bridgehead atoms. The summed E-state index contributed by atoms with van der Waals surface area (Å²) in [5, 5.41) is 0. The summed E-state index contributed by atoms with van der Waals surface area (Å²) in [5.41, 5.74) is 5.37. The molecule has 0 aliphatic carbocycles. The highest BCUT2D eigenvalue weighted by Gasteiger charge is 2.12. The number of carbonyl (C=O) groups is 1. The highest BCUT2D eigenvalue weighted by molar-refractivity contribution is 7.37. The van der Waals surface area contributed by atoms with Crippen LogP contribution in [0.2, 0.25) is 0 Å². The lowest BCUT2D eigenvalue weighted by molar-refractivity contribution is -0.142. The quantitative estimate of drug-likeness (QED) is 0.465. The molecule has 0 saturated heterocycles. The predicted octanol–water partition coefficient (Wildman–Crippen LogP) is -0.266. The molecule has 0 aliphatic rings. The van der Waals surface area contributed by atoms with Crippen molar-refractivity contribution in [2.24, 2.45) is 5.73 Å². The van der Waals surface area contributed by atoms with Crippen LogP contribution in [0.4, 0.5) is 0 Å². The standard InChI is InChI=1S/C6H14NO4P/c1-11-6(8)5(7)3-2-4-12(9)10/h5,12H,2-4,7H2,1H3,(H,9,10). The summed E-state index contributed by atoms with van der Waals surface area (Å²) in [4.78, 5) is 19.2. The first-order valence-corrected chi connectivity index (χ1v) is 5.19. The zero-order valence-corrected chi connectivity index (χ0v) is 7.95. The lowest BCUT2D eigenvalue weighted by Crippen LogP contribution is -2.31. The Morgan fingerprint density at radius 1 is 1.75 bits per heavy atom. The van der Waals surface area contributed by atoms with Crippen LogP contribution in [0.15, 0.2) is 0 Å². The highest BCUT2D eigenvalue weighted by Crippen LogP contribution is 2.15. The van der Waals surface area contributed by atoms with Gasteiger partial charge in [-0.15, -0.1) is 0 Å². The number of esters is 1. The topological polar surface area (TPSA) is 89.6 Å². The van der Waals surface area contributed by atoms with Gasteiger partial charge >= 0.3 is 5.97 Å². The first kappa shape index (κ1) is 11.6. The Balaban J connectivity index is 3.50. The maximum Gasteiger partial charge on any atom is 0.322 e. The molecule has 6 heteroatoms. The van der Waals surface area contributed by atoms with Crippen molar-refractivity contribution in [3.63, 3.8) is 0 Å². The Morgan fingerprint density at radius 2 is 2.33 bits per heavy atom. The van der Waals surface area contributed by atoms with Crippen LogP contribution in [0.1, 0.15) is 12.8 Å². The number of nitrogens with two attached hydrogens (primary N) is 1. The van der Waals surface area contributed by atoms with Crippen LogP contribution in [-0.2, 0) is 14.1 Å². The number of rotatable bonds is 5. The van der Waals surface area contributed by atoms with E-state index in [1.165, 1.54) is 7.11 Å². The molecule has 0 aromatic heterocycles. The van der Waals surface area contributed by atoms with Gasteiger partial charge in [-0.3, -0.25) is 9.36 Å². The molecule has 5 nitrogen and oxygen atoms in total. The molecule has 0 amide bonds. The molecule has 0 aromatic rings. The van der Waals surface area contributed by atoms with Gasteiger partial charge < -0.3 is 15.4 Å². The second kappa shape index (κ2) is 6.17. The number of hydrogen-bond acceptors (Lipinski definition) is 4. The molecule has 3 N–H and O–H groups in total. The summed E-state index contributed by atoms with van der Waals surface area (Å²) < 4.78 is 14.6. The summed E-state index contributed by atoms with van der Waals surface area (Å²) >= 11 is 0. The molecule has 0 radical (unpaired) electrons. The van der Waals surface area contributed by atoms with E-state index >= 15 is 0 Å². The Morgan fingerprint density at radius 3 is 2.75 bits per heavy atom. The fraction of sp³-hybridized carbons (Fsp3) is 0.833. The van der Waals surface area contributed by atoms with Gasteiger partial charge in [0.25, 0.3) is 0 Å². The second-order valence-corrected chi connectivity index (χ2v) is 3.70. The van der Waals surface area contributed by atoms with E-state index in [9.17, 15) is 9.36 Å². The van der Waals surface area contributed by atoms with E-state index < -0.39 is 20.0 Å². The van der Waals surface area contributed by atoms with Gasteiger partial charge in [0, 0.05) is 6.16 Å². The third-order valence-corrected chi connectivity index (χ3v) is 2.19. The Labute approximate surface area is 71.8 Å². The van der Waals surface area contributed by atoms with E-state index in [4.69, 9.17) is 10.6 Å². The number of hydrogen-bond donors (Lipinski definition) is 2. The van der Waals surface area contributed by atoms with Crippen LogP contribution in [0.3, 0.4) is 0 Å². The zero-order valence-electron chi connectivity index (χ0n) is 6.95. The average Bonchev–Trinajstić information content (AvgIpc) is 2.02. The molecule has 0 rings (SSSR count). The van der Waals surface area contributed by atoms with Gasteiger partial charge in [-0.1, -0.05) is 0 Å². The van der Waals surface area contributed by atoms with Crippen LogP contribution in [-0.4, -0.2) is 30.2 Å². The smallest absolute Gasteiger partial charge is 0.322 e. The van der Waals surface area contributed by atoms with Gasteiger partial charge in [0.15, 0.2) is 8.03 Å². The second-order valence-electron chi connectivity index (χ2n) is 2.42. The van der Waals surface area contributed by atoms with Gasteiger partial charge in [-0.2, -0.15) is 0 Å². The summed E-state index contributed by atoms with van der Waals surface area (Å²) in [6.45, 7) is 0. The van der Waals surface area contributed by atoms with Gasteiger partial charge in [-0.25, -0.2) is 0 Å².